The van der Waals surface area contributed by atoms with Crippen molar-refractivity contribution in [3.05, 3.63) is 105 Å². The molecule has 0 aromatic heterocycles. The molecule has 0 radical (unpaired) electrons. The van der Waals surface area contributed by atoms with Gasteiger partial charge in [-0.15, -0.1) is 0 Å². The summed E-state index contributed by atoms with van der Waals surface area (Å²) in [4.78, 5) is 1.30. The molecule has 4 aromatic carbocycles. The molecule has 1 heterocycles. The topological polar surface area (TPSA) is 255 Å². The Labute approximate surface area is 322 Å². The molecule has 0 saturated carbocycles. The summed E-state index contributed by atoms with van der Waals surface area (Å²) in [5, 5.41) is 3.04. The number of benzene rings is 5. The Balaban J connectivity index is 1.78. The molecule has 0 amide bonds. The van der Waals surface area contributed by atoms with E-state index in [1.54, 1.807) is 19.1 Å². The van der Waals surface area contributed by atoms with Crippen LogP contribution in [0.1, 0.15) is 33.4 Å². The van der Waals surface area contributed by atoms with Crippen LogP contribution in [0.3, 0.4) is 0 Å². The Morgan fingerprint density at radius 1 is 0.589 bits per heavy atom. The zero-order valence-electron chi connectivity index (χ0n) is 30.4. The van der Waals surface area contributed by atoms with Crippen LogP contribution in [0, 0.1) is 41.5 Å². The zero-order valence-corrected chi connectivity index (χ0v) is 33.7. The van der Waals surface area contributed by atoms with Gasteiger partial charge in [0.2, 0.25) is 0 Å². The lowest BCUT2D eigenvalue weighted by Crippen LogP contribution is -2.16. The average Bonchev–Trinajstić information content (AvgIpc) is 3.04. The van der Waals surface area contributed by atoms with Gasteiger partial charge >= 0.3 is 0 Å². The van der Waals surface area contributed by atoms with Gasteiger partial charge in [-0.2, -0.15) is 33.7 Å². The molecule has 4 aromatic rings. The van der Waals surface area contributed by atoms with E-state index >= 15 is 0 Å². The van der Waals surface area contributed by atoms with Crippen molar-refractivity contribution >= 4 is 68.5 Å². The molecule has 0 spiro atoms. The molecule has 5 N–H and O–H groups in total. The molecule has 56 heavy (non-hydrogen) atoms. The SMILES string of the molecule is Cc1cc(C)c(Nc2ccc3c(-c4ccc(S(=O)(=O)O)cc4S(=O)(=O)O)c4cc(S(=O)(=O)O)c(=Nc5c(C)cc(C)c(S(=O)(=O)O)c5C)cc-4oc3c2)c(C)c1. The summed E-state index contributed by atoms with van der Waals surface area (Å²) in [6.07, 6.45) is 0. The summed E-state index contributed by atoms with van der Waals surface area (Å²) in [5.74, 6) is -0.156. The maximum Gasteiger partial charge on any atom is 0.296 e. The normalized spacial score (nSPS) is 13.1. The Bertz CT molecular complexity index is 3150. The first-order valence-corrected chi connectivity index (χ1v) is 22.1. The second kappa shape index (κ2) is 13.9. The smallest absolute Gasteiger partial charge is 0.296 e. The Hall–Kier alpha value is -4.99. The van der Waals surface area contributed by atoms with Crippen LogP contribution in [-0.2, 0) is 40.5 Å². The standard InChI is InChI=1S/C37H34N2O13S4/c1-18-11-19(2)35(20(3)12-18)38-24-7-9-26-30(14-24)52-31-17-29(39-36-21(4)13-22(5)37(23(36)6)56(49,50)51)33(55(46,47)48)16-28(31)34(26)27-10-8-25(53(40,41)42)15-32(27)54(43,44)45/h7-17,38H,1-6H3,(H,40,41,42)(H,43,44,45)(H,46,47,48)(H,49,50,51). The third-order valence-electron chi connectivity index (χ3n) is 9.17. The molecule has 1 aliphatic heterocycles. The first-order valence-electron chi connectivity index (χ1n) is 16.3. The largest absolute Gasteiger partial charge is 0.456 e. The van der Waals surface area contributed by atoms with E-state index in [0.717, 1.165) is 46.6 Å². The second-order valence-electron chi connectivity index (χ2n) is 13.4. The lowest BCUT2D eigenvalue weighted by molar-refractivity contribution is 0.478. The quantitative estimate of drug-likeness (QED) is 0.0763. The fourth-order valence-electron chi connectivity index (χ4n) is 7.02. The molecule has 2 aliphatic rings. The molecule has 0 unspecified atom stereocenters. The Morgan fingerprint density at radius 2 is 1.21 bits per heavy atom. The number of nitrogens with zero attached hydrogens (tertiary/aromatic N) is 1. The number of hydrogen-bond acceptors (Lipinski definition) is 11. The van der Waals surface area contributed by atoms with Crippen molar-refractivity contribution in [1.29, 1.82) is 0 Å². The van der Waals surface area contributed by atoms with Crippen LogP contribution < -0.4 is 10.7 Å². The predicted molar refractivity (Wildman–Crippen MR) is 207 cm³/mol. The molecule has 0 fully saturated rings. The van der Waals surface area contributed by atoms with Crippen LogP contribution in [0.25, 0.3) is 33.4 Å². The van der Waals surface area contributed by atoms with E-state index in [4.69, 9.17) is 4.42 Å². The van der Waals surface area contributed by atoms with Crippen molar-refractivity contribution < 1.29 is 56.3 Å². The highest BCUT2D eigenvalue weighted by Crippen LogP contribution is 2.44. The van der Waals surface area contributed by atoms with Crippen molar-refractivity contribution in [2.45, 2.75) is 61.1 Å². The summed E-state index contributed by atoms with van der Waals surface area (Å²) in [6, 6.07) is 14.5. The lowest BCUT2D eigenvalue weighted by Gasteiger charge is -2.20. The van der Waals surface area contributed by atoms with Crippen LogP contribution >= 0.6 is 0 Å². The monoisotopic (exact) mass is 842 g/mol. The maximum absolute atomic E-state index is 13.0. The Morgan fingerprint density at radius 3 is 1.79 bits per heavy atom. The predicted octanol–water partition coefficient (Wildman–Crippen LogP) is 7.02. The second-order valence-corrected chi connectivity index (χ2v) is 18.9. The zero-order chi connectivity index (χ0) is 41.4. The number of aryl methyl sites for hydroxylation is 5. The molecule has 19 heteroatoms. The molecule has 15 nitrogen and oxygen atoms in total. The highest BCUT2D eigenvalue weighted by atomic mass is 32.2. The fraction of sp³-hybridized carbons (Fsp3) is 0.162. The minimum Gasteiger partial charge on any atom is -0.456 e. The lowest BCUT2D eigenvalue weighted by atomic mass is 9.93. The summed E-state index contributed by atoms with van der Waals surface area (Å²) < 4.78 is 147. The summed E-state index contributed by atoms with van der Waals surface area (Å²) >= 11 is 0. The van der Waals surface area contributed by atoms with Crippen LogP contribution in [-0.4, -0.2) is 51.9 Å². The summed E-state index contributed by atoms with van der Waals surface area (Å²) in [6.45, 7) is 10.2. The van der Waals surface area contributed by atoms with Gasteiger partial charge < -0.3 is 9.73 Å². The minimum atomic E-state index is -5.25. The Kier molecular flexibility index (Phi) is 10.1. The van der Waals surface area contributed by atoms with E-state index in [0.29, 0.717) is 17.3 Å². The molecular formula is C37H34N2O13S4. The van der Waals surface area contributed by atoms with Gasteiger partial charge in [0.1, 0.15) is 26.0 Å². The van der Waals surface area contributed by atoms with Crippen molar-refractivity contribution in [3.63, 3.8) is 0 Å². The number of hydrogen-bond donors (Lipinski definition) is 5. The number of anilines is 2. The van der Waals surface area contributed by atoms with E-state index < -0.39 is 65.4 Å². The molecule has 0 atom stereocenters. The highest BCUT2D eigenvalue weighted by Gasteiger charge is 2.29. The van der Waals surface area contributed by atoms with Crippen molar-refractivity contribution in [2.24, 2.45) is 4.99 Å². The number of rotatable bonds is 8. The first kappa shape index (κ1) is 40.7. The van der Waals surface area contributed by atoms with Crippen molar-refractivity contribution in [2.75, 3.05) is 5.32 Å². The van der Waals surface area contributed by atoms with E-state index in [9.17, 15) is 51.9 Å². The fourth-order valence-corrected chi connectivity index (χ4v) is 9.91. The van der Waals surface area contributed by atoms with Gasteiger partial charge in [-0.25, -0.2) is 4.99 Å². The van der Waals surface area contributed by atoms with Crippen LogP contribution in [0.2, 0.25) is 0 Å². The van der Waals surface area contributed by atoms with Gasteiger partial charge in [-0.05, 0) is 99.7 Å². The number of fused-ring (bicyclic) bond motifs is 2. The molecular weight excluding hydrogens is 809 g/mol. The third kappa shape index (κ3) is 7.71. The van der Waals surface area contributed by atoms with Gasteiger partial charge in [0, 0.05) is 45.6 Å². The maximum atomic E-state index is 13.0. The van der Waals surface area contributed by atoms with Crippen LogP contribution in [0.15, 0.2) is 95.7 Å². The van der Waals surface area contributed by atoms with Gasteiger partial charge in [-0.1, -0.05) is 29.8 Å². The van der Waals surface area contributed by atoms with Crippen molar-refractivity contribution in [1.82, 2.24) is 0 Å². The number of nitrogens with one attached hydrogen (secondary N) is 1. The summed E-state index contributed by atoms with van der Waals surface area (Å²) in [7, 11) is -20.2. The molecule has 0 saturated heterocycles. The van der Waals surface area contributed by atoms with Gasteiger partial charge in [0.25, 0.3) is 40.5 Å². The van der Waals surface area contributed by atoms with Gasteiger partial charge in [0.05, 0.1) is 15.9 Å². The van der Waals surface area contributed by atoms with Crippen molar-refractivity contribution in [3.8, 4) is 22.5 Å². The molecule has 1 aliphatic carbocycles. The van der Waals surface area contributed by atoms with Crippen LogP contribution in [0.5, 0.6) is 0 Å². The third-order valence-corrected chi connectivity index (χ3v) is 12.9. The van der Waals surface area contributed by atoms with E-state index in [-0.39, 0.29) is 50.2 Å². The molecule has 6 rings (SSSR count). The van der Waals surface area contributed by atoms with E-state index in [1.807, 2.05) is 32.9 Å². The van der Waals surface area contributed by atoms with Gasteiger partial charge in [-0.3, -0.25) is 18.2 Å². The van der Waals surface area contributed by atoms with E-state index in [2.05, 4.69) is 10.3 Å². The highest BCUT2D eigenvalue weighted by molar-refractivity contribution is 7.87. The van der Waals surface area contributed by atoms with E-state index in [1.165, 1.54) is 26.0 Å². The summed E-state index contributed by atoms with van der Waals surface area (Å²) in [5.41, 5.74) is 4.14. The molecule has 294 valence electrons. The minimum absolute atomic E-state index is 0.0309. The van der Waals surface area contributed by atoms with Crippen LogP contribution in [0.4, 0.5) is 17.1 Å². The molecule has 0 bridgehead atoms. The average molecular weight is 843 g/mol. The first-order chi connectivity index (χ1) is 25.8. The van der Waals surface area contributed by atoms with Gasteiger partial charge in [0.15, 0.2) is 0 Å².